The van der Waals surface area contributed by atoms with E-state index in [1.165, 1.54) is 0 Å². The number of aromatic amines is 1. The summed E-state index contributed by atoms with van der Waals surface area (Å²) in [6.07, 6.45) is 0.207. The van der Waals surface area contributed by atoms with E-state index in [2.05, 4.69) is 4.98 Å². The Morgan fingerprint density at radius 1 is 1.30 bits per heavy atom. The summed E-state index contributed by atoms with van der Waals surface area (Å²) in [6.45, 7) is 0. The maximum atomic E-state index is 14.6. The Bertz CT molecular complexity index is 1020. The van der Waals surface area contributed by atoms with Crippen LogP contribution in [0.25, 0.3) is 22.2 Å². The predicted octanol–water partition coefficient (Wildman–Crippen LogP) is 3.48. The highest BCUT2D eigenvalue weighted by molar-refractivity contribution is 5.99. The largest absolute Gasteiger partial charge is 0.477 e. The number of nitro benzene ring substituents is 1. The molecule has 7 heteroatoms. The number of benzene rings is 2. The zero-order chi connectivity index (χ0) is 16.3. The molecule has 2 N–H and O–H groups in total. The van der Waals surface area contributed by atoms with E-state index in [0.29, 0.717) is 11.3 Å². The van der Waals surface area contributed by atoms with Crippen molar-refractivity contribution in [2.24, 2.45) is 0 Å². The molecule has 1 heterocycles. The molecule has 3 aromatic rings. The standard InChI is InChI=1S/C16H9FN2O4/c17-14-8-5-9-7-3-1-2-4-11(7)18-15(9)10(8)6-12(19(22)23)13(14)16(20)21/h1-4,6,18H,5H2,(H,20,21). The van der Waals surface area contributed by atoms with Crippen LogP contribution in [-0.4, -0.2) is 21.0 Å². The fraction of sp³-hybridized carbons (Fsp3) is 0.0625. The molecule has 0 bridgehead atoms. The Morgan fingerprint density at radius 2 is 2.04 bits per heavy atom. The molecule has 0 amide bonds. The molecular formula is C16H9FN2O4. The second-order valence-electron chi connectivity index (χ2n) is 5.37. The molecule has 0 radical (unpaired) electrons. The molecule has 0 aliphatic heterocycles. The third kappa shape index (κ3) is 1.70. The van der Waals surface area contributed by atoms with Crippen molar-refractivity contribution in [3.05, 3.63) is 63.0 Å². The first-order chi connectivity index (χ1) is 11.0. The van der Waals surface area contributed by atoms with Gasteiger partial charge >= 0.3 is 5.97 Å². The Kier molecular flexibility index (Phi) is 2.57. The van der Waals surface area contributed by atoms with Crippen LogP contribution in [0.1, 0.15) is 21.5 Å². The number of nitro groups is 1. The molecule has 4 rings (SSSR count). The molecule has 0 saturated heterocycles. The van der Waals surface area contributed by atoms with Gasteiger partial charge in [0.25, 0.3) is 5.69 Å². The third-order valence-corrected chi connectivity index (χ3v) is 4.19. The summed E-state index contributed by atoms with van der Waals surface area (Å²) < 4.78 is 14.6. The number of nitrogens with zero attached hydrogens (tertiary/aromatic N) is 1. The molecule has 2 aromatic carbocycles. The molecule has 6 nitrogen and oxygen atoms in total. The summed E-state index contributed by atoms with van der Waals surface area (Å²) in [5, 5.41) is 21.1. The first-order valence-electron chi connectivity index (χ1n) is 6.82. The summed E-state index contributed by atoms with van der Waals surface area (Å²) >= 11 is 0. The molecule has 0 saturated carbocycles. The Labute approximate surface area is 128 Å². The fourth-order valence-electron chi connectivity index (χ4n) is 3.21. The van der Waals surface area contributed by atoms with Gasteiger partial charge in [0.1, 0.15) is 5.82 Å². The lowest BCUT2D eigenvalue weighted by Gasteiger charge is -2.06. The van der Waals surface area contributed by atoms with Crippen molar-refractivity contribution in [2.75, 3.05) is 0 Å². The van der Waals surface area contributed by atoms with Gasteiger partial charge in [0.2, 0.25) is 0 Å². The Balaban J connectivity index is 2.06. The number of carbonyl (C=O) groups is 1. The number of hydrogen-bond acceptors (Lipinski definition) is 3. The molecule has 1 aromatic heterocycles. The van der Waals surface area contributed by atoms with Crippen LogP contribution < -0.4 is 0 Å². The summed E-state index contributed by atoms with van der Waals surface area (Å²) in [4.78, 5) is 24.6. The molecule has 1 aliphatic rings. The number of carboxylic acid groups (broad SMARTS) is 1. The molecule has 0 atom stereocenters. The van der Waals surface area contributed by atoms with Crippen LogP contribution >= 0.6 is 0 Å². The summed E-state index contributed by atoms with van der Waals surface area (Å²) in [7, 11) is 0. The second-order valence-corrected chi connectivity index (χ2v) is 5.37. The van der Waals surface area contributed by atoms with Gasteiger partial charge in [0.05, 0.1) is 10.6 Å². The summed E-state index contributed by atoms with van der Waals surface area (Å²) in [5.41, 5.74) is 1.20. The van der Waals surface area contributed by atoms with E-state index in [1.54, 1.807) is 0 Å². The van der Waals surface area contributed by atoms with Gasteiger partial charge in [-0.1, -0.05) is 18.2 Å². The minimum absolute atomic E-state index is 0.181. The van der Waals surface area contributed by atoms with Crippen molar-refractivity contribution in [2.45, 2.75) is 6.42 Å². The van der Waals surface area contributed by atoms with Gasteiger partial charge in [0.15, 0.2) is 5.56 Å². The van der Waals surface area contributed by atoms with E-state index < -0.39 is 28.0 Å². The highest BCUT2D eigenvalue weighted by Crippen LogP contribution is 2.44. The van der Waals surface area contributed by atoms with Gasteiger partial charge in [-0.15, -0.1) is 0 Å². The van der Waals surface area contributed by atoms with Crippen LogP contribution in [-0.2, 0) is 6.42 Å². The van der Waals surface area contributed by atoms with Crippen LogP contribution in [0.15, 0.2) is 30.3 Å². The minimum atomic E-state index is -1.64. The highest BCUT2D eigenvalue weighted by Gasteiger charge is 2.34. The molecule has 0 spiro atoms. The van der Waals surface area contributed by atoms with Crippen LogP contribution in [0.4, 0.5) is 10.1 Å². The first-order valence-corrected chi connectivity index (χ1v) is 6.82. The van der Waals surface area contributed by atoms with Crippen LogP contribution in [0.2, 0.25) is 0 Å². The van der Waals surface area contributed by atoms with Crippen LogP contribution in [0.5, 0.6) is 0 Å². The molecule has 114 valence electrons. The number of para-hydroxylation sites is 1. The second kappa shape index (κ2) is 4.39. The zero-order valence-electron chi connectivity index (χ0n) is 11.6. The van der Waals surface area contributed by atoms with Crippen molar-refractivity contribution in [3.8, 4) is 11.3 Å². The van der Waals surface area contributed by atoms with Gasteiger partial charge in [0, 0.05) is 34.5 Å². The quantitative estimate of drug-likeness (QED) is 0.437. The zero-order valence-corrected chi connectivity index (χ0v) is 11.6. The van der Waals surface area contributed by atoms with Crippen LogP contribution in [0, 0.1) is 15.9 Å². The lowest BCUT2D eigenvalue weighted by molar-refractivity contribution is -0.385. The highest BCUT2D eigenvalue weighted by atomic mass is 19.1. The summed E-state index contributed by atoms with van der Waals surface area (Å²) in [5.74, 6) is -2.67. The van der Waals surface area contributed by atoms with Crippen molar-refractivity contribution in [1.29, 1.82) is 0 Å². The number of aromatic nitrogens is 1. The van der Waals surface area contributed by atoms with E-state index in [9.17, 15) is 19.3 Å². The SMILES string of the molecule is O=C(O)c1c([N+](=O)[O-])cc2c(c1F)Cc1c-2[nH]c2ccccc12. The number of fused-ring (bicyclic) bond motifs is 5. The van der Waals surface area contributed by atoms with Gasteiger partial charge in [-0.05, 0) is 11.6 Å². The average Bonchev–Trinajstić information content (AvgIpc) is 3.03. The van der Waals surface area contributed by atoms with Crippen molar-refractivity contribution in [1.82, 2.24) is 4.98 Å². The molecular weight excluding hydrogens is 303 g/mol. The maximum Gasteiger partial charge on any atom is 0.345 e. The number of nitrogens with one attached hydrogen (secondary N) is 1. The first kappa shape index (κ1) is 13.4. The van der Waals surface area contributed by atoms with E-state index in [0.717, 1.165) is 22.5 Å². The number of rotatable bonds is 2. The van der Waals surface area contributed by atoms with Gasteiger partial charge in [-0.2, -0.15) is 0 Å². The van der Waals surface area contributed by atoms with Crippen molar-refractivity contribution in [3.63, 3.8) is 0 Å². The minimum Gasteiger partial charge on any atom is -0.477 e. The Morgan fingerprint density at radius 3 is 2.74 bits per heavy atom. The number of carboxylic acids is 1. The smallest absolute Gasteiger partial charge is 0.345 e. The van der Waals surface area contributed by atoms with Gasteiger partial charge in [-0.3, -0.25) is 10.1 Å². The maximum absolute atomic E-state index is 14.6. The monoisotopic (exact) mass is 312 g/mol. The molecule has 23 heavy (non-hydrogen) atoms. The fourth-order valence-corrected chi connectivity index (χ4v) is 3.21. The van der Waals surface area contributed by atoms with Gasteiger partial charge < -0.3 is 10.1 Å². The van der Waals surface area contributed by atoms with E-state index >= 15 is 0 Å². The number of aromatic carboxylic acids is 1. The lowest BCUT2D eigenvalue weighted by atomic mass is 10.0. The number of H-pyrrole nitrogens is 1. The Hall–Kier alpha value is -3.22. The van der Waals surface area contributed by atoms with Crippen molar-refractivity contribution >= 4 is 22.6 Å². The van der Waals surface area contributed by atoms with E-state index in [-0.39, 0.29) is 12.0 Å². The molecule has 0 fully saturated rings. The van der Waals surface area contributed by atoms with E-state index in [1.807, 2.05) is 24.3 Å². The molecule has 1 aliphatic carbocycles. The number of halogens is 1. The third-order valence-electron chi connectivity index (χ3n) is 4.19. The topological polar surface area (TPSA) is 96.2 Å². The normalized spacial score (nSPS) is 12.2. The van der Waals surface area contributed by atoms with Gasteiger partial charge in [-0.25, -0.2) is 9.18 Å². The lowest BCUT2D eigenvalue weighted by Crippen LogP contribution is -2.08. The summed E-state index contributed by atoms with van der Waals surface area (Å²) in [6, 6.07) is 8.58. The predicted molar refractivity (Wildman–Crippen MR) is 80.1 cm³/mol. The molecule has 0 unspecified atom stereocenters. The van der Waals surface area contributed by atoms with Crippen molar-refractivity contribution < 1.29 is 19.2 Å². The average molecular weight is 312 g/mol. The van der Waals surface area contributed by atoms with E-state index in [4.69, 9.17) is 5.11 Å². The van der Waals surface area contributed by atoms with Crippen LogP contribution in [0.3, 0.4) is 0 Å². The number of hydrogen-bond donors (Lipinski definition) is 2.